The molecule has 2 aromatic rings. The molecule has 1 aliphatic rings. The van der Waals surface area contributed by atoms with Crippen molar-refractivity contribution in [1.29, 1.82) is 0 Å². The van der Waals surface area contributed by atoms with Gasteiger partial charge in [-0.25, -0.2) is 0 Å². The lowest BCUT2D eigenvalue weighted by Crippen LogP contribution is -2.27. The fourth-order valence-electron chi connectivity index (χ4n) is 2.11. The van der Waals surface area contributed by atoms with Crippen molar-refractivity contribution in [2.24, 2.45) is 0 Å². The van der Waals surface area contributed by atoms with Gasteiger partial charge in [-0.2, -0.15) is 0 Å². The van der Waals surface area contributed by atoms with E-state index in [0.717, 1.165) is 22.1 Å². The van der Waals surface area contributed by atoms with Crippen LogP contribution in [0.1, 0.15) is 19.3 Å². The predicted octanol–water partition coefficient (Wildman–Crippen LogP) is 2.78. The number of benzene rings is 1. The van der Waals surface area contributed by atoms with Crippen LogP contribution in [0.5, 0.6) is 0 Å². The summed E-state index contributed by atoms with van der Waals surface area (Å²) in [5.74, 6) is 0. The highest BCUT2D eigenvalue weighted by molar-refractivity contribution is 6.00. The zero-order valence-corrected chi connectivity index (χ0v) is 9.11. The molecule has 82 valence electrons. The van der Waals surface area contributed by atoms with Gasteiger partial charge in [0.2, 0.25) is 0 Å². The molecular weight excluding hydrogens is 198 g/mol. The standard InChI is InChI=1S/C13H15N3/c14-12-4-5-13(16-9-2-1-3-9)11-8-15-7-6-10(11)12/h4-9,16H,1-3,14H2. The molecule has 1 aromatic carbocycles. The van der Waals surface area contributed by atoms with Gasteiger partial charge in [-0.3, -0.25) is 4.98 Å². The Labute approximate surface area is 94.7 Å². The van der Waals surface area contributed by atoms with E-state index >= 15 is 0 Å². The van der Waals surface area contributed by atoms with Crippen molar-refractivity contribution < 1.29 is 0 Å². The molecule has 0 amide bonds. The highest BCUT2D eigenvalue weighted by atomic mass is 14.9. The van der Waals surface area contributed by atoms with Crippen LogP contribution in [-0.2, 0) is 0 Å². The van der Waals surface area contributed by atoms with E-state index in [-0.39, 0.29) is 0 Å². The second kappa shape index (κ2) is 3.67. The maximum absolute atomic E-state index is 5.95. The number of nitrogens with one attached hydrogen (secondary N) is 1. The molecule has 0 unspecified atom stereocenters. The Bertz CT molecular complexity index is 518. The minimum atomic E-state index is 0.632. The van der Waals surface area contributed by atoms with Gasteiger partial charge in [-0.05, 0) is 37.5 Å². The molecule has 1 aliphatic carbocycles. The Morgan fingerprint density at radius 3 is 2.81 bits per heavy atom. The van der Waals surface area contributed by atoms with Crippen LogP contribution >= 0.6 is 0 Å². The summed E-state index contributed by atoms with van der Waals surface area (Å²) in [6, 6.07) is 6.62. The summed E-state index contributed by atoms with van der Waals surface area (Å²) in [7, 11) is 0. The van der Waals surface area contributed by atoms with Crippen molar-refractivity contribution in [2.45, 2.75) is 25.3 Å². The van der Waals surface area contributed by atoms with Crippen molar-refractivity contribution in [3.63, 3.8) is 0 Å². The van der Waals surface area contributed by atoms with Gasteiger partial charge < -0.3 is 11.1 Å². The van der Waals surface area contributed by atoms with Gasteiger partial charge in [0.25, 0.3) is 0 Å². The van der Waals surface area contributed by atoms with E-state index in [1.54, 1.807) is 6.20 Å². The Hall–Kier alpha value is -1.77. The summed E-state index contributed by atoms with van der Waals surface area (Å²) in [4.78, 5) is 4.17. The Kier molecular flexibility index (Phi) is 2.17. The minimum absolute atomic E-state index is 0.632. The monoisotopic (exact) mass is 213 g/mol. The fourth-order valence-corrected chi connectivity index (χ4v) is 2.11. The number of hydrogen-bond donors (Lipinski definition) is 2. The predicted molar refractivity (Wildman–Crippen MR) is 67.4 cm³/mol. The lowest BCUT2D eigenvalue weighted by Gasteiger charge is -2.28. The van der Waals surface area contributed by atoms with Crippen molar-refractivity contribution in [3.8, 4) is 0 Å². The quantitative estimate of drug-likeness (QED) is 0.754. The van der Waals surface area contributed by atoms with Crippen molar-refractivity contribution >= 4 is 22.1 Å². The molecule has 3 rings (SSSR count). The summed E-state index contributed by atoms with van der Waals surface area (Å²) >= 11 is 0. The number of fused-ring (bicyclic) bond motifs is 1. The molecule has 3 nitrogen and oxygen atoms in total. The normalized spacial score (nSPS) is 16.0. The Morgan fingerprint density at radius 1 is 1.19 bits per heavy atom. The van der Waals surface area contributed by atoms with Gasteiger partial charge in [0.05, 0.1) is 0 Å². The van der Waals surface area contributed by atoms with E-state index in [1.807, 2.05) is 18.3 Å². The van der Waals surface area contributed by atoms with E-state index in [0.29, 0.717) is 6.04 Å². The van der Waals surface area contributed by atoms with E-state index in [4.69, 9.17) is 5.73 Å². The zero-order valence-electron chi connectivity index (χ0n) is 9.11. The fraction of sp³-hybridized carbons (Fsp3) is 0.308. The molecule has 1 saturated carbocycles. The molecule has 1 heterocycles. The molecule has 0 radical (unpaired) electrons. The van der Waals surface area contributed by atoms with Crippen molar-refractivity contribution in [2.75, 3.05) is 11.1 Å². The van der Waals surface area contributed by atoms with Gasteiger partial charge in [-0.15, -0.1) is 0 Å². The highest BCUT2D eigenvalue weighted by Gasteiger charge is 2.17. The van der Waals surface area contributed by atoms with Crippen LogP contribution in [-0.4, -0.2) is 11.0 Å². The first-order chi connectivity index (χ1) is 7.84. The topological polar surface area (TPSA) is 50.9 Å². The first kappa shape index (κ1) is 9.46. The molecule has 0 aliphatic heterocycles. The van der Waals surface area contributed by atoms with E-state index < -0.39 is 0 Å². The first-order valence-corrected chi connectivity index (χ1v) is 5.73. The molecule has 0 spiro atoms. The van der Waals surface area contributed by atoms with Crippen molar-refractivity contribution in [1.82, 2.24) is 4.98 Å². The van der Waals surface area contributed by atoms with Gasteiger partial charge in [-0.1, -0.05) is 0 Å². The Morgan fingerprint density at radius 2 is 2.06 bits per heavy atom. The van der Waals surface area contributed by atoms with Crippen LogP contribution in [0.2, 0.25) is 0 Å². The maximum atomic E-state index is 5.95. The van der Waals surface area contributed by atoms with Crippen LogP contribution in [0.4, 0.5) is 11.4 Å². The number of nitrogens with two attached hydrogens (primary N) is 1. The summed E-state index contributed by atoms with van der Waals surface area (Å²) in [6.07, 6.45) is 7.54. The largest absolute Gasteiger partial charge is 0.398 e. The van der Waals surface area contributed by atoms with Gasteiger partial charge in [0.15, 0.2) is 0 Å². The van der Waals surface area contributed by atoms with Crippen LogP contribution in [0, 0.1) is 0 Å². The third-order valence-electron chi connectivity index (χ3n) is 3.32. The third kappa shape index (κ3) is 1.48. The van der Waals surface area contributed by atoms with Gasteiger partial charge in [0, 0.05) is 40.6 Å². The summed E-state index contributed by atoms with van der Waals surface area (Å²) < 4.78 is 0. The Balaban J connectivity index is 2.06. The number of nitrogens with zero attached hydrogens (tertiary/aromatic N) is 1. The molecule has 3 N–H and O–H groups in total. The molecule has 0 saturated heterocycles. The average molecular weight is 213 g/mol. The van der Waals surface area contributed by atoms with Gasteiger partial charge >= 0.3 is 0 Å². The van der Waals surface area contributed by atoms with Crippen LogP contribution in [0.3, 0.4) is 0 Å². The molecule has 0 atom stereocenters. The highest BCUT2D eigenvalue weighted by Crippen LogP contribution is 2.30. The van der Waals surface area contributed by atoms with Crippen LogP contribution in [0.25, 0.3) is 10.8 Å². The number of nitrogen functional groups attached to an aromatic ring is 1. The molecule has 0 bridgehead atoms. The second-order valence-electron chi connectivity index (χ2n) is 4.40. The zero-order chi connectivity index (χ0) is 11.0. The summed E-state index contributed by atoms with van der Waals surface area (Å²) in [5.41, 5.74) is 7.92. The number of rotatable bonds is 2. The number of aromatic nitrogens is 1. The first-order valence-electron chi connectivity index (χ1n) is 5.73. The molecular formula is C13H15N3. The molecule has 3 heteroatoms. The average Bonchev–Trinajstić information content (AvgIpc) is 2.26. The van der Waals surface area contributed by atoms with Crippen LogP contribution in [0.15, 0.2) is 30.6 Å². The molecule has 16 heavy (non-hydrogen) atoms. The second-order valence-corrected chi connectivity index (χ2v) is 4.40. The van der Waals surface area contributed by atoms with Gasteiger partial charge in [0.1, 0.15) is 0 Å². The lowest BCUT2D eigenvalue weighted by atomic mass is 9.92. The van der Waals surface area contributed by atoms with E-state index in [1.165, 1.54) is 19.3 Å². The maximum Gasteiger partial charge on any atom is 0.0439 e. The molecule has 1 fully saturated rings. The summed E-state index contributed by atoms with van der Waals surface area (Å²) in [5, 5.41) is 5.76. The number of hydrogen-bond acceptors (Lipinski definition) is 3. The summed E-state index contributed by atoms with van der Waals surface area (Å²) in [6.45, 7) is 0. The molecule has 1 aromatic heterocycles. The third-order valence-corrected chi connectivity index (χ3v) is 3.32. The van der Waals surface area contributed by atoms with Crippen LogP contribution < -0.4 is 11.1 Å². The minimum Gasteiger partial charge on any atom is -0.398 e. The van der Waals surface area contributed by atoms with E-state index in [2.05, 4.69) is 16.4 Å². The number of pyridine rings is 1. The SMILES string of the molecule is Nc1ccc(NC2CCC2)c2cnccc12. The van der Waals surface area contributed by atoms with Crippen molar-refractivity contribution in [3.05, 3.63) is 30.6 Å². The van der Waals surface area contributed by atoms with E-state index in [9.17, 15) is 0 Å². The number of anilines is 2. The smallest absolute Gasteiger partial charge is 0.0439 e. The lowest BCUT2D eigenvalue weighted by molar-refractivity contribution is 0.446.